The molecule has 28 heavy (non-hydrogen) atoms. The fourth-order valence-electron chi connectivity index (χ4n) is 2.45. The Balaban J connectivity index is 0.000000143. The molecule has 0 N–H and O–H groups in total. The second-order valence-electron chi connectivity index (χ2n) is 6.69. The van der Waals surface area contributed by atoms with Gasteiger partial charge in [0.2, 0.25) is 5.16 Å². The second kappa shape index (κ2) is 8.22. The van der Waals surface area contributed by atoms with Gasteiger partial charge in [-0.25, -0.2) is 27.7 Å². The predicted molar refractivity (Wildman–Crippen MR) is 106 cm³/mol. The number of benzene rings is 1. The number of nitrogens with zero attached hydrogens (tertiary/aromatic N) is 6. The summed E-state index contributed by atoms with van der Waals surface area (Å²) < 4.78 is 25.0. The van der Waals surface area contributed by atoms with E-state index in [1.807, 2.05) is 17.1 Å². The lowest BCUT2D eigenvalue weighted by Gasteiger charge is -1.97. The maximum absolute atomic E-state index is 10.7. The Morgan fingerprint density at radius 3 is 2.14 bits per heavy atom. The lowest BCUT2D eigenvalue weighted by Crippen LogP contribution is -1.98. The van der Waals surface area contributed by atoms with Crippen molar-refractivity contribution in [2.75, 3.05) is 0 Å². The molecule has 3 aromatic rings. The van der Waals surface area contributed by atoms with Crippen molar-refractivity contribution in [1.82, 2.24) is 29.5 Å². The number of thioether (sulfide) groups is 1. The van der Waals surface area contributed by atoms with Crippen molar-refractivity contribution in [3.05, 3.63) is 48.5 Å². The van der Waals surface area contributed by atoms with Gasteiger partial charge in [0.15, 0.2) is 0 Å². The predicted octanol–water partition coefficient (Wildman–Crippen LogP) is 3.45. The Hall–Kier alpha value is -1.91. The molecule has 148 valence electrons. The Kier molecular flexibility index (Phi) is 5.70. The van der Waals surface area contributed by atoms with Crippen molar-refractivity contribution in [3.63, 3.8) is 0 Å². The topological polar surface area (TPSA) is 95.6 Å². The summed E-state index contributed by atoms with van der Waals surface area (Å²) in [4.78, 5) is 7.89. The molecule has 0 radical (unpaired) electrons. The zero-order chi connectivity index (χ0) is 19.6. The van der Waals surface area contributed by atoms with Crippen LogP contribution in [-0.2, 0) is 14.8 Å². The third-order valence-electron chi connectivity index (χ3n) is 4.25. The lowest BCUT2D eigenvalue weighted by atomic mass is 10.2. The van der Waals surface area contributed by atoms with E-state index >= 15 is 0 Å². The average molecular weight is 439 g/mol. The summed E-state index contributed by atoms with van der Waals surface area (Å²) in [6, 6.07) is 11.4. The van der Waals surface area contributed by atoms with Gasteiger partial charge in [0.05, 0.1) is 12.1 Å². The molecule has 2 heterocycles. The van der Waals surface area contributed by atoms with Gasteiger partial charge in [-0.05, 0) is 31.2 Å². The quantitative estimate of drug-likeness (QED) is 0.429. The van der Waals surface area contributed by atoms with Crippen LogP contribution in [0.2, 0.25) is 0 Å². The molecule has 2 fully saturated rings. The van der Waals surface area contributed by atoms with Crippen molar-refractivity contribution < 1.29 is 8.42 Å². The van der Waals surface area contributed by atoms with Crippen molar-refractivity contribution in [2.24, 2.45) is 0 Å². The fraction of sp³-hybridized carbons (Fsp3) is 0.412. The van der Waals surface area contributed by atoms with Gasteiger partial charge >= 0.3 is 0 Å². The highest BCUT2D eigenvalue weighted by Gasteiger charge is 2.27. The van der Waals surface area contributed by atoms with Crippen LogP contribution in [0.3, 0.4) is 0 Å². The van der Waals surface area contributed by atoms with E-state index in [1.54, 1.807) is 11.8 Å². The SMILES string of the molecule is O=S(=O)(Cl)c1ncn(C2CC2)n1.c1ccc(CSc2ncn(C3CC3)n2)cc1. The van der Waals surface area contributed by atoms with Crippen LogP contribution in [0.1, 0.15) is 43.3 Å². The molecule has 2 aliphatic carbocycles. The number of hydrogen-bond donors (Lipinski definition) is 0. The third-order valence-corrected chi connectivity index (χ3v) is 6.21. The molecule has 1 aromatic carbocycles. The average Bonchev–Trinajstić information content (AvgIpc) is 3.62. The van der Waals surface area contributed by atoms with E-state index < -0.39 is 9.05 Å². The first-order chi connectivity index (χ1) is 13.5. The molecule has 2 aliphatic rings. The molecular weight excluding hydrogens is 420 g/mol. The minimum Gasteiger partial charge on any atom is -0.249 e. The summed E-state index contributed by atoms with van der Waals surface area (Å²) in [5.41, 5.74) is 1.32. The molecule has 11 heteroatoms. The molecule has 0 aliphatic heterocycles. The highest BCUT2D eigenvalue weighted by Crippen LogP contribution is 2.34. The van der Waals surface area contributed by atoms with Crippen molar-refractivity contribution in [3.8, 4) is 0 Å². The summed E-state index contributed by atoms with van der Waals surface area (Å²) in [5, 5.41) is 8.76. The van der Waals surface area contributed by atoms with Crippen LogP contribution in [0.25, 0.3) is 0 Å². The van der Waals surface area contributed by atoms with Crippen LogP contribution in [0.15, 0.2) is 53.3 Å². The maximum atomic E-state index is 10.7. The first kappa shape index (κ1) is 19.4. The van der Waals surface area contributed by atoms with Gasteiger partial charge in [-0.15, -0.1) is 10.2 Å². The molecule has 0 atom stereocenters. The Labute approximate surface area is 171 Å². The van der Waals surface area contributed by atoms with Crippen molar-refractivity contribution in [1.29, 1.82) is 0 Å². The smallest absolute Gasteiger partial charge is 0.249 e. The van der Waals surface area contributed by atoms with E-state index in [4.69, 9.17) is 10.7 Å². The minimum absolute atomic E-state index is 0.309. The van der Waals surface area contributed by atoms with E-state index in [0.29, 0.717) is 12.1 Å². The van der Waals surface area contributed by atoms with Crippen LogP contribution in [0, 0.1) is 0 Å². The molecule has 0 bridgehead atoms. The van der Waals surface area contributed by atoms with E-state index in [0.717, 1.165) is 23.8 Å². The number of hydrogen-bond acceptors (Lipinski definition) is 7. The van der Waals surface area contributed by atoms with Crippen LogP contribution in [0.5, 0.6) is 0 Å². The summed E-state index contributed by atoms with van der Waals surface area (Å²) in [6.07, 6.45) is 7.83. The number of aromatic nitrogens is 6. The molecule has 0 unspecified atom stereocenters. The third kappa shape index (κ3) is 5.33. The van der Waals surface area contributed by atoms with E-state index in [2.05, 4.69) is 44.4 Å². The maximum Gasteiger partial charge on any atom is 0.298 e. The van der Waals surface area contributed by atoms with E-state index in [9.17, 15) is 8.42 Å². The lowest BCUT2D eigenvalue weighted by molar-refractivity contribution is 0.587. The van der Waals surface area contributed by atoms with Gasteiger partial charge < -0.3 is 0 Å². The zero-order valence-electron chi connectivity index (χ0n) is 14.9. The van der Waals surface area contributed by atoms with Gasteiger partial charge in [0, 0.05) is 16.4 Å². The first-order valence-corrected chi connectivity index (χ1v) is 12.2. The van der Waals surface area contributed by atoms with Crippen LogP contribution >= 0.6 is 22.4 Å². The van der Waals surface area contributed by atoms with Crippen molar-refractivity contribution in [2.45, 2.75) is 53.8 Å². The molecule has 2 aromatic heterocycles. The molecule has 0 saturated heterocycles. The first-order valence-electron chi connectivity index (χ1n) is 8.93. The van der Waals surface area contributed by atoms with Gasteiger partial charge in [-0.2, -0.15) is 0 Å². The molecule has 0 amide bonds. The monoisotopic (exact) mass is 438 g/mol. The van der Waals surface area contributed by atoms with Crippen molar-refractivity contribution >= 4 is 31.5 Å². The number of rotatable bonds is 6. The highest BCUT2D eigenvalue weighted by molar-refractivity contribution is 8.13. The Bertz CT molecular complexity index is 1030. The minimum atomic E-state index is -3.76. The standard InChI is InChI=1S/C12H13N3S.C5H6ClN3O2S/c1-2-4-10(5-3-1)8-16-12-13-9-15(14-12)11-6-7-11;6-12(10,11)5-7-3-9(8-5)4-1-2-4/h1-5,9,11H,6-8H2;3-4H,1-2H2. The van der Waals surface area contributed by atoms with Gasteiger partial charge in [0.25, 0.3) is 14.2 Å². The molecule has 0 spiro atoms. The molecular formula is C17H19ClN6O2S2. The summed E-state index contributed by atoms with van der Waals surface area (Å²) in [7, 11) is 1.27. The Morgan fingerprint density at radius 2 is 1.57 bits per heavy atom. The zero-order valence-corrected chi connectivity index (χ0v) is 17.3. The Morgan fingerprint density at radius 1 is 0.964 bits per heavy atom. The fourth-order valence-corrected chi connectivity index (χ4v) is 3.79. The van der Waals surface area contributed by atoms with E-state index in [1.165, 1.54) is 29.4 Å². The molecule has 2 saturated carbocycles. The molecule has 8 nitrogen and oxygen atoms in total. The number of halogens is 1. The summed E-state index contributed by atoms with van der Waals surface area (Å²) in [5.74, 6) is 0.940. The van der Waals surface area contributed by atoms with Crippen LogP contribution < -0.4 is 0 Å². The largest absolute Gasteiger partial charge is 0.298 e. The van der Waals surface area contributed by atoms with Crippen LogP contribution in [-0.4, -0.2) is 37.9 Å². The van der Waals surface area contributed by atoms with E-state index in [-0.39, 0.29) is 5.16 Å². The second-order valence-corrected chi connectivity index (χ2v) is 10.1. The summed E-state index contributed by atoms with van der Waals surface area (Å²) >= 11 is 1.70. The molecule has 5 rings (SSSR count). The van der Waals surface area contributed by atoms with Gasteiger partial charge in [0.1, 0.15) is 12.7 Å². The van der Waals surface area contributed by atoms with Crippen LogP contribution in [0.4, 0.5) is 0 Å². The summed E-state index contributed by atoms with van der Waals surface area (Å²) in [6.45, 7) is 0. The highest BCUT2D eigenvalue weighted by atomic mass is 35.7. The normalized spacial score (nSPS) is 16.5. The van der Waals surface area contributed by atoms with Gasteiger partial charge in [-0.1, -0.05) is 42.1 Å². The van der Waals surface area contributed by atoms with Gasteiger partial charge in [-0.3, -0.25) is 0 Å².